The van der Waals surface area contributed by atoms with E-state index in [4.69, 9.17) is 0 Å². The summed E-state index contributed by atoms with van der Waals surface area (Å²) < 4.78 is 4.69. The molecule has 2 amide bonds. The van der Waals surface area contributed by atoms with Crippen LogP contribution in [0, 0.1) is 0 Å². The number of amides is 2. The molecule has 1 heterocycles. The van der Waals surface area contributed by atoms with Crippen LogP contribution >= 0.6 is 0 Å². The predicted molar refractivity (Wildman–Crippen MR) is 66.1 cm³/mol. The maximum Gasteiger partial charge on any atom is 0.407 e. The summed E-state index contributed by atoms with van der Waals surface area (Å²) in [6.07, 6.45) is 2.48. The molecule has 0 aliphatic rings. The first-order valence-corrected chi connectivity index (χ1v) is 5.45. The van der Waals surface area contributed by atoms with Gasteiger partial charge in [-0.15, -0.1) is 0 Å². The van der Waals surface area contributed by atoms with Gasteiger partial charge < -0.3 is 15.4 Å². The Kier molecular flexibility index (Phi) is 5.96. The zero-order valence-electron chi connectivity index (χ0n) is 9.89. The second-order valence-electron chi connectivity index (χ2n) is 3.28. The maximum absolute atomic E-state index is 11.5. The third-order valence-corrected chi connectivity index (χ3v) is 1.91. The molecule has 6 heteroatoms. The fraction of sp³-hybridized carbons (Fsp3) is 0.250. The van der Waals surface area contributed by atoms with Crippen molar-refractivity contribution in [3.63, 3.8) is 0 Å². The van der Waals surface area contributed by atoms with Crippen molar-refractivity contribution < 1.29 is 14.3 Å². The van der Waals surface area contributed by atoms with Crippen LogP contribution in [-0.4, -0.2) is 36.7 Å². The molecule has 0 radical (unpaired) electrons. The lowest BCUT2D eigenvalue weighted by Crippen LogP contribution is -2.35. The second-order valence-corrected chi connectivity index (χ2v) is 3.28. The minimum atomic E-state index is -0.540. The van der Waals surface area contributed by atoms with E-state index >= 15 is 0 Å². The molecule has 0 atom stereocenters. The molecular formula is C12H15N3O3. The van der Waals surface area contributed by atoms with Gasteiger partial charge in [0.2, 0.25) is 0 Å². The average molecular weight is 249 g/mol. The van der Waals surface area contributed by atoms with Gasteiger partial charge >= 0.3 is 6.09 Å². The lowest BCUT2D eigenvalue weighted by molar-refractivity contribution is 0.0947. The highest BCUT2D eigenvalue weighted by molar-refractivity contribution is 5.92. The van der Waals surface area contributed by atoms with E-state index in [0.29, 0.717) is 12.2 Å². The van der Waals surface area contributed by atoms with Gasteiger partial charge in [0, 0.05) is 19.3 Å². The Bertz CT molecular complexity index is 406. The Labute approximate surface area is 105 Å². The average Bonchev–Trinajstić information content (AvgIpc) is 2.42. The van der Waals surface area contributed by atoms with Gasteiger partial charge in [-0.25, -0.2) is 4.79 Å². The van der Waals surface area contributed by atoms with Crippen LogP contribution in [0.3, 0.4) is 0 Å². The summed E-state index contributed by atoms with van der Waals surface area (Å²) in [6.45, 7) is 4.17. The topological polar surface area (TPSA) is 80.3 Å². The molecule has 1 rings (SSSR count). The minimum Gasteiger partial charge on any atom is -0.445 e. The zero-order chi connectivity index (χ0) is 13.2. The number of ether oxygens (including phenoxy) is 1. The first-order valence-electron chi connectivity index (χ1n) is 5.45. The Balaban J connectivity index is 2.17. The van der Waals surface area contributed by atoms with Gasteiger partial charge in [0.25, 0.3) is 5.91 Å². The Hall–Kier alpha value is -2.37. The minimum absolute atomic E-state index is 0.159. The first-order chi connectivity index (χ1) is 8.74. The Morgan fingerprint density at radius 2 is 2.11 bits per heavy atom. The molecule has 0 aliphatic carbocycles. The molecule has 0 unspecified atom stereocenters. The van der Waals surface area contributed by atoms with Crippen molar-refractivity contribution >= 4 is 12.0 Å². The molecule has 0 saturated carbocycles. The number of aromatic nitrogens is 1. The molecule has 0 saturated heterocycles. The number of hydrogen-bond donors (Lipinski definition) is 2. The predicted octanol–water partition coefficient (Wildman–Crippen LogP) is 0.724. The maximum atomic E-state index is 11.5. The highest BCUT2D eigenvalue weighted by Gasteiger charge is 2.05. The van der Waals surface area contributed by atoms with Crippen molar-refractivity contribution in [1.82, 2.24) is 15.6 Å². The number of hydrogen-bond acceptors (Lipinski definition) is 4. The van der Waals surface area contributed by atoms with E-state index in [2.05, 4.69) is 26.9 Å². The SMILES string of the molecule is C=CCOC(=O)NCCNC(=O)c1ccccn1. The smallest absolute Gasteiger partial charge is 0.407 e. The number of rotatable bonds is 6. The van der Waals surface area contributed by atoms with Gasteiger partial charge in [-0.05, 0) is 12.1 Å². The fourth-order valence-corrected chi connectivity index (χ4v) is 1.11. The molecule has 0 fully saturated rings. The zero-order valence-corrected chi connectivity index (χ0v) is 9.89. The normalized spacial score (nSPS) is 9.33. The molecule has 1 aromatic heterocycles. The number of pyridine rings is 1. The summed E-state index contributed by atoms with van der Waals surface area (Å²) in [6, 6.07) is 5.07. The molecule has 0 bridgehead atoms. The summed E-state index contributed by atoms with van der Waals surface area (Å²) in [7, 11) is 0. The first kappa shape index (κ1) is 13.7. The van der Waals surface area contributed by atoms with Crippen LogP contribution in [0.4, 0.5) is 4.79 Å². The van der Waals surface area contributed by atoms with Gasteiger partial charge in [-0.2, -0.15) is 0 Å². The van der Waals surface area contributed by atoms with Crippen LogP contribution in [-0.2, 0) is 4.74 Å². The van der Waals surface area contributed by atoms with Gasteiger partial charge in [0.05, 0.1) is 0 Å². The van der Waals surface area contributed by atoms with E-state index in [1.807, 2.05) is 0 Å². The summed E-state index contributed by atoms with van der Waals surface area (Å²) >= 11 is 0. The number of nitrogens with one attached hydrogen (secondary N) is 2. The third kappa shape index (κ3) is 5.11. The van der Waals surface area contributed by atoms with Crippen molar-refractivity contribution in [2.45, 2.75) is 0 Å². The van der Waals surface area contributed by atoms with Crippen molar-refractivity contribution in [3.05, 3.63) is 42.7 Å². The summed E-state index contributed by atoms with van der Waals surface area (Å²) in [4.78, 5) is 26.4. The van der Waals surface area contributed by atoms with E-state index in [-0.39, 0.29) is 19.1 Å². The highest BCUT2D eigenvalue weighted by atomic mass is 16.5. The lowest BCUT2D eigenvalue weighted by Gasteiger charge is -2.06. The third-order valence-electron chi connectivity index (χ3n) is 1.91. The van der Waals surface area contributed by atoms with Crippen molar-refractivity contribution in [3.8, 4) is 0 Å². The molecule has 0 aliphatic heterocycles. The molecule has 6 nitrogen and oxygen atoms in total. The largest absolute Gasteiger partial charge is 0.445 e. The van der Waals surface area contributed by atoms with Crippen LogP contribution in [0.25, 0.3) is 0 Å². The van der Waals surface area contributed by atoms with Gasteiger partial charge in [-0.3, -0.25) is 9.78 Å². The summed E-state index contributed by atoms with van der Waals surface area (Å²) in [5, 5.41) is 5.10. The molecule has 96 valence electrons. The number of nitrogens with zero attached hydrogens (tertiary/aromatic N) is 1. The van der Waals surface area contributed by atoms with Gasteiger partial charge in [-0.1, -0.05) is 18.7 Å². The van der Waals surface area contributed by atoms with Crippen molar-refractivity contribution in [2.24, 2.45) is 0 Å². The fourth-order valence-electron chi connectivity index (χ4n) is 1.11. The number of carbonyl (C=O) groups is 2. The molecule has 0 spiro atoms. The lowest BCUT2D eigenvalue weighted by atomic mass is 10.3. The van der Waals surface area contributed by atoms with E-state index in [9.17, 15) is 9.59 Å². The highest BCUT2D eigenvalue weighted by Crippen LogP contribution is 1.91. The van der Waals surface area contributed by atoms with Gasteiger partial charge in [0.15, 0.2) is 0 Å². The molecule has 0 aromatic carbocycles. The van der Waals surface area contributed by atoms with Crippen molar-refractivity contribution in [1.29, 1.82) is 0 Å². The quantitative estimate of drug-likeness (QED) is 0.575. The molecule has 2 N–H and O–H groups in total. The van der Waals surface area contributed by atoms with E-state index in [1.54, 1.807) is 24.4 Å². The summed E-state index contributed by atoms with van der Waals surface area (Å²) in [5.41, 5.74) is 0.340. The second kappa shape index (κ2) is 7.83. The summed E-state index contributed by atoms with van der Waals surface area (Å²) in [5.74, 6) is -0.281. The van der Waals surface area contributed by atoms with Crippen LogP contribution in [0.5, 0.6) is 0 Å². The Morgan fingerprint density at radius 1 is 1.33 bits per heavy atom. The molecular weight excluding hydrogens is 234 g/mol. The molecule has 18 heavy (non-hydrogen) atoms. The van der Waals surface area contributed by atoms with Crippen LogP contribution in [0.1, 0.15) is 10.5 Å². The Morgan fingerprint density at radius 3 is 2.78 bits per heavy atom. The standard InChI is InChI=1S/C12H15N3O3/c1-2-9-18-12(17)15-8-7-14-11(16)10-5-3-4-6-13-10/h2-6H,1,7-9H2,(H,14,16)(H,15,17). The van der Waals surface area contributed by atoms with Crippen LogP contribution in [0.15, 0.2) is 37.1 Å². The van der Waals surface area contributed by atoms with Crippen LogP contribution < -0.4 is 10.6 Å². The van der Waals surface area contributed by atoms with E-state index in [0.717, 1.165) is 0 Å². The van der Waals surface area contributed by atoms with E-state index < -0.39 is 6.09 Å². The van der Waals surface area contributed by atoms with E-state index in [1.165, 1.54) is 6.08 Å². The number of alkyl carbamates (subject to hydrolysis) is 1. The number of carbonyl (C=O) groups excluding carboxylic acids is 2. The monoisotopic (exact) mass is 249 g/mol. The molecule has 1 aromatic rings. The van der Waals surface area contributed by atoms with Crippen molar-refractivity contribution in [2.75, 3.05) is 19.7 Å². The van der Waals surface area contributed by atoms with Gasteiger partial charge in [0.1, 0.15) is 12.3 Å². The van der Waals surface area contributed by atoms with Crippen LogP contribution in [0.2, 0.25) is 0 Å².